The summed E-state index contributed by atoms with van der Waals surface area (Å²) in [5.74, 6) is -0.227. The standard InChI is InChI=1S/C28H52O4/c1-7-9-11-13-15-17-19-21-23(29)31-25-27(3,4)26(28(25,5)6)32-24(30)22-20-18-16-14-12-10-8-2/h25-26H,7-22H2,1-6H3. The zero-order valence-corrected chi connectivity index (χ0v) is 22.1. The lowest BCUT2D eigenvalue weighted by Crippen LogP contribution is -2.69. The highest BCUT2D eigenvalue weighted by molar-refractivity contribution is 5.71. The topological polar surface area (TPSA) is 52.6 Å². The van der Waals surface area contributed by atoms with Crippen LogP contribution in [0.4, 0.5) is 0 Å². The van der Waals surface area contributed by atoms with Crippen LogP contribution >= 0.6 is 0 Å². The van der Waals surface area contributed by atoms with Crippen LogP contribution in [-0.4, -0.2) is 24.1 Å². The number of esters is 2. The Balaban J connectivity index is 2.31. The lowest BCUT2D eigenvalue weighted by Gasteiger charge is -2.61. The van der Waals surface area contributed by atoms with E-state index in [1.165, 1.54) is 64.2 Å². The molecule has 1 aliphatic rings. The molecule has 1 fully saturated rings. The monoisotopic (exact) mass is 452 g/mol. The third kappa shape index (κ3) is 9.43. The first-order valence-electron chi connectivity index (χ1n) is 13.6. The van der Waals surface area contributed by atoms with E-state index >= 15 is 0 Å². The SMILES string of the molecule is CCCCCCCCCC(=O)OC1C(C)(C)C(OC(=O)CCCCCCCCC)C1(C)C. The molecule has 188 valence electrons. The van der Waals surface area contributed by atoms with Crippen LogP contribution in [0.3, 0.4) is 0 Å². The van der Waals surface area contributed by atoms with Gasteiger partial charge in [-0.15, -0.1) is 0 Å². The minimum absolute atomic E-state index is 0.113. The lowest BCUT2D eigenvalue weighted by molar-refractivity contribution is -0.268. The van der Waals surface area contributed by atoms with Gasteiger partial charge < -0.3 is 9.47 Å². The molecule has 0 aromatic carbocycles. The summed E-state index contributed by atoms with van der Waals surface area (Å²) in [6, 6.07) is 0. The van der Waals surface area contributed by atoms with E-state index in [4.69, 9.17) is 9.47 Å². The molecule has 1 saturated carbocycles. The first-order chi connectivity index (χ1) is 15.2. The minimum atomic E-state index is -0.352. The van der Waals surface area contributed by atoms with Crippen molar-refractivity contribution in [1.29, 1.82) is 0 Å². The van der Waals surface area contributed by atoms with Crippen molar-refractivity contribution in [3.63, 3.8) is 0 Å². The Bertz CT molecular complexity index is 478. The summed E-state index contributed by atoms with van der Waals surface area (Å²) in [6.07, 6.45) is 17.2. The molecule has 0 heterocycles. The minimum Gasteiger partial charge on any atom is -0.461 e. The Hall–Kier alpha value is -1.06. The van der Waals surface area contributed by atoms with Crippen molar-refractivity contribution >= 4 is 11.9 Å². The molecule has 0 saturated heterocycles. The average molecular weight is 453 g/mol. The van der Waals surface area contributed by atoms with Crippen LogP contribution in [0.2, 0.25) is 0 Å². The van der Waals surface area contributed by atoms with Crippen LogP contribution in [0.1, 0.15) is 144 Å². The van der Waals surface area contributed by atoms with Crippen LogP contribution in [0.15, 0.2) is 0 Å². The molecule has 0 spiro atoms. The van der Waals surface area contributed by atoms with Gasteiger partial charge in [0, 0.05) is 23.7 Å². The van der Waals surface area contributed by atoms with Gasteiger partial charge in [0.25, 0.3) is 0 Å². The van der Waals surface area contributed by atoms with Gasteiger partial charge >= 0.3 is 11.9 Å². The Morgan fingerprint density at radius 3 is 1.12 bits per heavy atom. The Morgan fingerprint density at radius 1 is 0.531 bits per heavy atom. The highest BCUT2D eigenvalue weighted by atomic mass is 16.6. The van der Waals surface area contributed by atoms with E-state index in [1.807, 2.05) is 0 Å². The van der Waals surface area contributed by atoms with Gasteiger partial charge in [-0.25, -0.2) is 0 Å². The number of carbonyl (C=O) groups excluding carboxylic acids is 2. The van der Waals surface area contributed by atoms with Gasteiger partial charge in [0.15, 0.2) is 0 Å². The maximum atomic E-state index is 12.4. The van der Waals surface area contributed by atoms with Gasteiger partial charge in [0.05, 0.1) is 0 Å². The summed E-state index contributed by atoms with van der Waals surface area (Å²) >= 11 is 0. The Kier molecular flexibility index (Phi) is 13.5. The third-order valence-corrected chi connectivity index (χ3v) is 7.17. The molecule has 0 aromatic heterocycles. The quantitative estimate of drug-likeness (QED) is 0.155. The molecule has 0 bridgehead atoms. The molecule has 0 unspecified atom stereocenters. The second-order valence-corrected chi connectivity index (χ2v) is 11.1. The molecular weight excluding hydrogens is 400 g/mol. The molecule has 0 amide bonds. The van der Waals surface area contributed by atoms with Crippen LogP contribution in [0, 0.1) is 10.8 Å². The zero-order chi connectivity index (χ0) is 24.0. The number of carbonyl (C=O) groups is 2. The maximum absolute atomic E-state index is 12.4. The molecule has 4 nitrogen and oxygen atoms in total. The maximum Gasteiger partial charge on any atom is 0.306 e. The number of rotatable bonds is 18. The van der Waals surface area contributed by atoms with Crippen molar-refractivity contribution in [1.82, 2.24) is 0 Å². The molecule has 0 aliphatic heterocycles. The third-order valence-electron chi connectivity index (χ3n) is 7.17. The zero-order valence-electron chi connectivity index (χ0n) is 22.1. The fourth-order valence-electron chi connectivity index (χ4n) is 5.54. The Morgan fingerprint density at radius 2 is 0.812 bits per heavy atom. The average Bonchev–Trinajstić information content (AvgIpc) is 2.74. The predicted octanol–water partition coefficient (Wildman–Crippen LogP) is 8.16. The number of hydrogen-bond acceptors (Lipinski definition) is 4. The van der Waals surface area contributed by atoms with Gasteiger partial charge in [-0.3, -0.25) is 9.59 Å². The van der Waals surface area contributed by atoms with Crippen molar-refractivity contribution < 1.29 is 19.1 Å². The summed E-state index contributed by atoms with van der Waals surface area (Å²) in [4.78, 5) is 24.8. The molecule has 32 heavy (non-hydrogen) atoms. The smallest absolute Gasteiger partial charge is 0.306 e. The molecule has 0 atom stereocenters. The van der Waals surface area contributed by atoms with E-state index in [-0.39, 0.29) is 35.0 Å². The van der Waals surface area contributed by atoms with Crippen molar-refractivity contribution in [3.8, 4) is 0 Å². The number of hydrogen-bond donors (Lipinski definition) is 0. The Labute approximate surface area is 198 Å². The van der Waals surface area contributed by atoms with Crippen LogP contribution in [-0.2, 0) is 19.1 Å². The van der Waals surface area contributed by atoms with Crippen LogP contribution < -0.4 is 0 Å². The molecule has 0 radical (unpaired) electrons. The number of unbranched alkanes of at least 4 members (excludes halogenated alkanes) is 12. The van der Waals surface area contributed by atoms with Gasteiger partial charge in [-0.05, 0) is 12.8 Å². The van der Waals surface area contributed by atoms with Crippen molar-refractivity contribution in [3.05, 3.63) is 0 Å². The van der Waals surface area contributed by atoms with E-state index in [9.17, 15) is 9.59 Å². The van der Waals surface area contributed by atoms with E-state index < -0.39 is 0 Å². The summed E-state index contributed by atoms with van der Waals surface area (Å²) in [7, 11) is 0. The van der Waals surface area contributed by atoms with E-state index in [0.717, 1.165) is 25.7 Å². The largest absolute Gasteiger partial charge is 0.461 e. The van der Waals surface area contributed by atoms with E-state index in [1.54, 1.807) is 0 Å². The highest BCUT2D eigenvalue weighted by Crippen LogP contribution is 2.57. The summed E-state index contributed by atoms with van der Waals surface area (Å²) in [6.45, 7) is 12.7. The first-order valence-corrected chi connectivity index (χ1v) is 13.6. The summed E-state index contributed by atoms with van der Waals surface area (Å²) in [5, 5.41) is 0. The van der Waals surface area contributed by atoms with Crippen LogP contribution in [0.5, 0.6) is 0 Å². The van der Waals surface area contributed by atoms with Crippen molar-refractivity contribution in [2.45, 2.75) is 156 Å². The lowest BCUT2D eigenvalue weighted by atomic mass is 9.51. The van der Waals surface area contributed by atoms with E-state index in [0.29, 0.717) is 12.8 Å². The van der Waals surface area contributed by atoms with E-state index in [2.05, 4.69) is 41.5 Å². The van der Waals surface area contributed by atoms with Gasteiger partial charge in [0.1, 0.15) is 12.2 Å². The summed E-state index contributed by atoms with van der Waals surface area (Å²) < 4.78 is 11.8. The molecule has 0 aromatic rings. The second-order valence-electron chi connectivity index (χ2n) is 11.1. The summed E-state index contributed by atoms with van der Waals surface area (Å²) in [5.41, 5.74) is -0.704. The highest BCUT2D eigenvalue weighted by Gasteiger charge is 2.66. The van der Waals surface area contributed by atoms with Crippen molar-refractivity contribution in [2.75, 3.05) is 0 Å². The molecule has 0 N–H and O–H groups in total. The fraction of sp³-hybridized carbons (Fsp3) is 0.929. The predicted molar refractivity (Wildman–Crippen MR) is 133 cm³/mol. The van der Waals surface area contributed by atoms with Gasteiger partial charge in [-0.2, -0.15) is 0 Å². The normalized spacial score (nSPS) is 21.1. The van der Waals surface area contributed by atoms with Gasteiger partial charge in [0.2, 0.25) is 0 Å². The van der Waals surface area contributed by atoms with Crippen molar-refractivity contribution in [2.24, 2.45) is 10.8 Å². The fourth-order valence-corrected chi connectivity index (χ4v) is 5.54. The molecular formula is C28H52O4. The molecule has 1 aliphatic carbocycles. The van der Waals surface area contributed by atoms with Crippen LogP contribution in [0.25, 0.3) is 0 Å². The first kappa shape index (κ1) is 29.0. The molecule has 4 heteroatoms. The van der Waals surface area contributed by atoms with Gasteiger partial charge in [-0.1, -0.05) is 119 Å². The molecule has 1 rings (SSSR count). The number of ether oxygens (including phenoxy) is 2. The second kappa shape index (κ2) is 15.0.